The van der Waals surface area contributed by atoms with Gasteiger partial charge in [-0.05, 0) is 36.8 Å². The van der Waals surface area contributed by atoms with E-state index in [9.17, 15) is 4.79 Å². The standard InChI is InChI=1S/C15H17NO3S/c1-10-3-6-14(19-2)13(7-10)16-9-12-5-4-11(20-12)8-15(17)18/h3-7,16H,8-9H2,1-2H3,(H,17,18). The average Bonchev–Trinajstić information content (AvgIpc) is 2.83. The first-order valence-electron chi connectivity index (χ1n) is 6.26. The molecule has 0 aliphatic heterocycles. The van der Waals surface area contributed by atoms with Gasteiger partial charge in [-0.2, -0.15) is 0 Å². The highest BCUT2D eigenvalue weighted by atomic mass is 32.1. The number of nitrogens with one attached hydrogen (secondary N) is 1. The Morgan fingerprint density at radius 3 is 2.75 bits per heavy atom. The van der Waals surface area contributed by atoms with Crippen LogP contribution in [0.25, 0.3) is 0 Å². The molecule has 0 radical (unpaired) electrons. The minimum atomic E-state index is -0.799. The summed E-state index contributed by atoms with van der Waals surface area (Å²) in [6.45, 7) is 2.69. The Morgan fingerprint density at radius 1 is 1.30 bits per heavy atom. The van der Waals surface area contributed by atoms with Gasteiger partial charge in [0.25, 0.3) is 0 Å². The fraction of sp³-hybridized carbons (Fsp3) is 0.267. The van der Waals surface area contributed by atoms with Gasteiger partial charge in [0.15, 0.2) is 0 Å². The number of thiophene rings is 1. The Kier molecular flexibility index (Phi) is 4.63. The molecule has 0 unspecified atom stereocenters. The van der Waals surface area contributed by atoms with Crippen LogP contribution in [0.2, 0.25) is 0 Å². The molecule has 0 bridgehead atoms. The van der Waals surface area contributed by atoms with E-state index in [1.807, 2.05) is 37.3 Å². The lowest BCUT2D eigenvalue weighted by molar-refractivity contribution is -0.136. The highest BCUT2D eigenvalue weighted by Gasteiger charge is 2.06. The van der Waals surface area contributed by atoms with Crippen molar-refractivity contribution in [2.75, 3.05) is 12.4 Å². The predicted molar refractivity (Wildman–Crippen MR) is 80.7 cm³/mol. The lowest BCUT2D eigenvalue weighted by Crippen LogP contribution is -2.00. The maximum atomic E-state index is 10.7. The molecule has 106 valence electrons. The van der Waals surface area contributed by atoms with E-state index >= 15 is 0 Å². The highest BCUT2D eigenvalue weighted by molar-refractivity contribution is 7.12. The average molecular weight is 291 g/mol. The summed E-state index contributed by atoms with van der Waals surface area (Å²) in [5.74, 6) is 0.00429. The molecule has 1 aromatic heterocycles. The molecule has 0 saturated heterocycles. The Balaban J connectivity index is 2.03. The van der Waals surface area contributed by atoms with Gasteiger partial charge in [-0.3, -0.25) is 4.79 Å². The Bertz CT molecular complexity index is 607. The third kappa shape index (κ3) is 3.74. The summed E-state index contributed by atoms with van der Waals surface area (Å²) in [6.07, 6.45) is 0.0818. The van der Waals surface area contributed by atoms with Gasteiger partial charge in [-0.25, -0.2) is 0 Å². The summed E-state index contributed by atoms with van der Waals surface area (Å²) in [7, 11) is 1.64. The largest absolute Gasteiger partial charge is 0.495 e. The lowest BCUT2D eigenvalue weighted by Gasteiger charge is -2.11. The fourth-order valence-corrected chi connectivity index (χ4v) is 2.85. The van der Waals surface area contributed by atoms with Crippen LogP contribution >= 0.6 is 11.3 Å². The number of benzene rings is 1. The molecular formula is C15H17NO3S. The maximum absolute atomic E-state index is 10.7. The molecule has 0 aliphatic carbocycles. The minimum absolute atomic E-state index is 0.0818. The van der Waals surface area contributed by atoms with Gasteiger partial charge in [0.1, 0.15) is 5.75 Å². The van der Waals surface area contributed by atoms with Gasteiger partial charge in [0.05, 0.1) is 19.2 Å². The Hall–Kier alpha value is -2.01. The van der Waals surface area contributed by atoms with Crippen LogP contribution in [0.1, 0.15) is 15.3 Å². The smallest absolute Gasteiger partial charge is 0.308 e. The van der Waals surface area contributed by atoms with Crippen molar-refractivity contribution in [3.05, 3.63) is 45.6 Å². The zero-order valence-electron chi connectivity index (χ0n) is 11.5. The van der Waals surface area contributed by atoms with E-state index in [1.165, 1.54) is 11.3 Å². The summed E-state index contributed by atoms with van der Waals surface area (Å²) >= 11 is 1.51. The number of anilines is 1. The summed E-state index contributed by atoms with van der Waals surface area (Å²) in [5, 5.41) is 12.1. The second-order valence-corrected chi connectivity index (χ2v) is 5.75. The molecule has 1 heterocycles. The molecule has 0 spiro atoms. The molecule has 0 atom stereocenters. The number of carboxylic acids is 1. The molecule has 0 amide bonds. The number of rotatable bonds is 6. The normalized spacial score (nSPS) is 10.3. The zero-order chi connectivity index (χ0) is 14.5. The number of ether oxygens (including phenoxy) is 1. The minimum Gasteiger partial charge on any atom is -0.495 e. The zero-order valence-corrected chi connectivity index (χ0v) is 12.3. The molecule has 2 rings (SSSR count). The van der Waals surface area contributed by atoms with Crippen molar-refractivity contribution in [3.63, 3.8) is 0 Å². The van der Waals surface area contributed by atoms with Gasteiger partial charge < -0.3 is 15.2 Å². The lowest BCUT2D eigenvalue weighted by atomic mass is 10.2. The molecular weight excluding hydrogens is 274 g/mol. The van der Waals surface area contributed by atoms with E-state index in [0.717, 1.165) is 26.8 Å². The SMILES string of the molecule is COc1ccc(C)cc1NCc1ccc(CC(=O)O)s1. The van der Waals surface area contributed by atoms with E-state index in [0.29, 0.717) is 6.54 Å². The molecule has 1 aromatic carbocycles. The number of hydrogen-bond donors (Lipinski definition) is 2. The summed E-state index contributed by atoms with van der Waals surface area (Å²) in [6, 6.07) is 9.79. The number of carbonyl (C=O) groups is 1. The van der Waals surface area contributed by atoms with Crippen molar-refractivity contribution in [1.82, 2.24) is 0 Å². The maximum Gasteiger partial charge on any atom is 0.308 e. The van der Waals surface area contributed by atoms with Crippen LogP contribution in [0.5, 0.6) is 5.75 Å². The Labute approximate surface area is 122 Å². The van der Waals surface area contributed by atoms with E-state index in [4.69, 9.17) is 9.84 Å². The molecule has 2 aromatic rings. The summed E-state index contributed by atoms with van der Waals surface area (Å²) in [5.41, 5.74) is 2.10. The number of methoxy groups -OCH3 is 1. The summed E-state index contributed by atoms with van der Waals surface area (Å²) in [4.78, 5) is 12.6. The van der Waals surface area contributed by atoms with E-state index in [-0.39, 0.29) is 6.42 Å². The van der Waals surface area contributed by atoms with Crippen LogP contribution in [-0.4, -0.2) is 18.2 Å². The monoisotopic (exact) mass is 291 g/mol. The van der Waals surface area contributed by atoms with Crippen LogP contribution in [0.4, 0.5) is 5.69 Å². The van der Waals surface area contributed by atoms with Crippen LogP contribution in [0.3, 0.4) is 0 Å². The number of aliphatic carboxylic acids is 1. The molecule has 4 nitrogen and oxygen atoms in total. The van der Waals surface area contributed by atoms with Crippen molar-refractivity contribution in [2.45, 2.75) is 19.9 Å². The van der Waals surface area contributed by atoms with E-state index < -0.39 is 5.97 Å². The molecule has 0 saturated carbocycles. The second kappa shape index (κ2) is 6.43. The Morgan fingerprint density at radius 2 is 2.05 bits per heavy atom. The van der Waals surface area contributed by atoms with Gasteiger partial charge in [-0.15, -0.1) is 11.3 Å². The van der Waals surface area contributed by atoms with Crippen molar-refractivity contribution in [2.24, 2.45) is 0 Å². The first kappa shape index (κ1) is 14.4. The second-order valence-electron chi connectivity index (χ2n) is 4.50. The first-order valence-corrected chi connectivity index (χ1v) is 7.08. The van der Waals surface area contributed by atoms with Crippen LogP contribution in [0, 0.1) is 6.92 Å². The molecule has 5 heteroatoms. The van der Waals surface area contributed by atoms with Crippen molar-refractivity contribution >= 4 is 23.0 Å². The molecule has 20 heavy (non-hydrogen) atoms. The number of carboxylic acid groups (broad SMARTS) is 1. The van der Waals surface area contributed by atoms with E-state index in [2.05, 4.69) is 5.32 Å². The molecule has 0 aliphatic rings. The first-order chi connectivity index (χ1) is 9.58. The predicted octanol–water partition coefficient (Wildman–Crippen LogP) is 3.30. The van der Waals surface area contributed by atoms with Crippen molar-refractivity contribution in [3.8, 4) is 5.75 Å². The number of aryl methyl sites for hydroxylation is 1. The number of hydrogen-bond acceptors (Lipinski definition) is 4. The van der Waals surface area contributed by atoms with Crippen molar-refractivity contribution in [1.29, 1.82) is 0 Å². The highest BCUT2D eigenvalue weighted by Crippen LogP contribution is 2.26. The third-order valence-corrected chi connectivity index (χ3v) is 3.94. The van der Waals surface area contributed by atoms with Crippen molar-refractivity contribution < 1.29 is 14.6 Å². The van der Waals surface area contributed by atoms with Gasteiger partial charge >= 0.3 is 5.97 Å². The van der Waals surface area contributed by atoms with Gasteiger partial charge in [-0.1, -0.05) is 6.07 Å². The van der Waals surface area contributed by atoms with E-state index in [1.54, 1.807) is 7.11 Å². The molecule has 0 fully saturated rings. The topological polar surface area (TPSA) is 58.6 Å². The van der Waals surface area contributed by atoms with Gasteiger partial charge in [0, 0.05) is 16.3 Å². The quantitative estimate of drug-likeness (QED) is 0.857. The van der Waals surface area contributed by atoms with Crippen LogP contribution in [0.15, 0.2) is 30.3 Å². The summed E-state index contributed by atoms with van der Waals surface area (Å²) < 4.78 is 5.31. The van der Waals surface area contributed by atoms with Crippen LogP contribution in [-0.2, 0) is 17.8 Å². The van der Waals surface area contributed by atoms with Gasteiger partial charge in [0.2, 0.25) is 0 Å². The van der Waals surface area contributed by atoms with Crippen LogP contribution < -0.4 is 10.1 Å². The molecule has 2 N–H and O–H groups in total. The third-order valence-electron chi connectivity index (χ3n) is 2.85. The fourth-order valence-electron chi connectivity index (χ4n) is 1.90.